The van der Waals surface area contributed by atoms with Gasteiger partial charge in [0, 0.05) is 35.3 Å². The summed E-state index contributed by atoms with van der Waals surface area (Å²) in [5, 5.41) is 6.38. The average molecular weight is 378 g/mol. The minimum atomic E-state index is -0.0773. The van der Waals surface area contributed by atoms with Crippen molar-refractivity contribution < 1.29 is 21.8 Å². The molecule has 1 heterocycles. The molecule has 3 aromatic carbocycles. The molecule has 4 rings (SSSR count). The molecule has 0 unspecified atom stereocenters. The lowest BCUT2D eigenvalue weighted by Gasteiger charge is -2.11. The number of hydrogen-bond donors (Lipinski definition) is 2. The summed E-state index contributed by atoms with van der Waals surface area (Å²) in [6, 6.07) is 22.3. The van der Waals surface area contributed by atoms with Gasteiger partial charge in [0.05, 0.1) is 10.8 Å². The predicted octanol–water partition coefficient (Wildman–Crippen LogP) is 1.03. The summed E-state index contributed by atoms with van der Waals surface area (Å²) in [5.74, 6) is -0.0773. The lowest BCUT2D eigenvalue weighted by Crippen LogP contribution is -3.00. The SMILES string of the molecule is CC(=O)Nc1ccc2c3ccccc3c(-c3ccc(N)cc3)[n+](C)c2c1.[Cl-]. The van der Waals surface area contributed by atoms with Gasteiger partial charge in [-0.25, -0.2) is 0 Å². The molecule has 1 amide bonds. The van der Waals surface area contributed by atoms with Crippen LogP contribution in [0.2, 0.25) is 0 Å². The predicted molar refractivity (Wildman–Crippen MR) is 107 cm³/mol. The molecule has 0 atom stereocenters. The maximum atomic E-state index is 11.4. The maximum absolute atomic E-state index is 11.4. The fourth-order valence-corrected chi connectivity index (χ4v) is 3.53. The van der Waals surface area contributed by atoms with Gasteiger partial charge in [-0.1, -0.05) is 18.2 Å². The highest BCUT2D eigenvalue weighted by Gasteiger charge is 2.20. The Labute approximate surface area is 164 Å². The average Bonchev–Trinajstić information content (AvgIpc) is 2.63. The van der Waals surface area contributed by atoms with Crippen LogP contribution >= 0.6 is 0 Å². The highest BCUT2D eigenvalue weighted by Crippen LogP contribution is 2.32. The molecule has 0 saturated carbocycles. The number of aryl methyl sites for hydroxylation is 1. The first-order valence-corrected chi connectivity index (χ1v) is 8.52. The highest BCUT2D eigenvalue weighted by atomic mass is 35.5. The number of anilines is 2. The topological polar surface area (TPSA) is 59.0 Å². The van der Waals surface area contributed by atoms with E-state index in [9.17, 15) is 4.79 Å². The smallest absolute Gasteiger partial charge is 0.221 e. The van der Waals surface area contributed by atoms with Crippen molar-refractivity contribution in [2.24, 2.45) is 7.05 Å². The first-order valence-electron chi connectivity index (χ1n) is 8.52. The molecule has 0 saturated heterocycles. The van der Waals surface area contributed by atoms with Gasteiger partial charge < -0.3 is 23.5 Å². The standard InChI is InChI=1S/C22H19N3O.ClH/c1-14(26)24-17-11-12-19-18-5-3-4-6-20(18)22(25(2)21(19)13-17)15-7-9-16(23)10-8-15;/h3-13H,1-2H3,(H2,23,24,26);1H. The maximum Gasteiger partial charge on any atom is 0.221 e. The second kappa shape index (κ2) is 7.25. The van der Waals surface area contributed by atoms with Gasteiger partial charge in [-0.15, -0.1) is 0 Å². The van der Waals surface area contributed by atoms with Crippen LogP contribution in [0.1, 0.15) is 6.92 Å². The molecule has 4 aromatic rings. The number of carbonyl (C=O) groups excluding carboxylic acids is 1. The van der Waals surface area contributed by atoms with E-state index in [0.717, 1.165) is 33.5 Å². The van der Waals surface area contributed by atoms with Gasteiger partial charge in [-0.05, 0) is 42.5 Å². The minimum Gasteiger partial charge on any atom is -1.00 e. The van der Waals surface area contributed by atoms with E-state index in [-0.39, 0.29) is 18.3 Å². The summed E-state index contributed by atoms with van der Waals surface area (Å²) in [5.41, 5.74) is 10.7. The van der Waals surface area contributed by atoms with Crippen LogP contribution in [0.4, 0.5) is 11.4 Å². The van der Waals surface area contributed by atoms with Crippen molar-refractivity contribution in [2.75, 3.05) is 11.1 Å². The van der Waals surface area contributed by atoms with E-state index in [0.29, 0.717) is 0 Å². The molecule has 0 spiro atoms. The van der Waals surface area contributed by atoms with Crippen molar-refractivity contribution in [3.05, 3.63) is 66.7 Å². The van der Waals surface area contributed by atoms with Crippen molar-refractivity contribution in [3.8, 4) is 11.3 Å². The molecule has 5 heteroatoms. The summed E-state index contributed by atoms with van der Waals surface area (Å²) in [6.07, 6.45) is 0. The third-order valence-corrected chi connectivity index (χ3v) is 4.67. The fraction of sp³-hybridized carbons (Fsp3) is 0.0909. The third kappa shape index (κ3) is 3.32. The minimum absolute atomic E-state index is 0. The number of nitrogens with zero attached hydrogens (tertiary/aromatic N) is 1. The van der Waals surface area contributed by atoms with Crippen molar-refractivity contribution in [1.82, 2.24) is 0 Å². The molecule has 0 radical (unpaired) electrons. The van der Waals surface area contributed by atoms with Gasteiger partial charge in [0.1, 0.15) is 7.05 Å². The van der Waals surface area contributed by atoms with Crippen LogP contribution < -0.4 is 28.0 Å². The number of rotatable bonds is 2. The van der Waals surface area contributed by atoms with Crippen LogP contribution in [0.3, 0.4) is 0 Å². The Morgan fingerprint density at radius 2 is 1.59 bits per heavy atom. The molecule has 0 aliphatic heterocycles. The largest absolute Gasteiger partial charge is 1.00 e. The molecular weight excluding hydrogens is 358 g/mol. The van der Waals surface area contributed by atoms with Gasteiger partial charge in [-0.3, -0.25) is 4.79 Å². The normalized spacial score (nSPS) is 10.6. The number of aromatic nitrogens is 1. The number of benzene rings is 3. The number of pyridine rings is 1. The lowest BCUT2D eigenvalue weighted by atomic mass is 9.99. The number of fused-ring (bicyclic) bond motifs is 3. The second-order valence-electron chi connectivity index (χ2n) is 6.49. The zero-order chi connectivity index (χ0) is 18.3. The first kappa shape index (κ1) is 18.7. The number of nitrogens with one attached hydrogen (secondary N) is 1. The van der Waals surface area contributed by atoms with E-state index in [1.165, 1.54) is 17.7 Å². The molecule has 4 nitrogen and oxygen atoms in total. The Bertz CT molecular complexity index is 1150. The van der Waals surface area contributed by atoms with Crippen molar-refractivity contribution in [3.63, 3.8) is 0 Å². The summed E-state index contributed by atoms with van der Waals surface area (Å²) in [4.78, 5) is 11.4. The van der Waals surface area contributed by atoms with Crippen LogP contribution in [0, 0.1) is 0 Å². The number of hydrogen-bond acceptors (Lipinski definition) is 2. The fourth-order valence-electron chi connectivity index (χ4n) is 3.53. The van der Waals surface area contributed by atoms with Crippen LogP contribution in [0.15, 0.2) is 66.7 Å². The number of nitrogen functional groups attached to an aromatic ring is 1. The van der Waals surface area contributed by atoms with Crippen LogP contribution in [-0.2, 0) is 11.8 Å². The Morgan fingerprint density at radius 1 is 0.926 bits per heavy atom. The van der Waals surface area contributed by atoms with E-state index in [1.54, 1.807) is 0 Å². The van der Waals surface area contributed by atoms with Gasteiger partial charge in [0.25, 0.3) is 0 Å². The summed E-state index contributed by atoms with van der Waals surface area (Å²) in [7, 11) is 2.05. The monoisotopic (exact) mass is 377 g/mol. The highest BCUT2D eigenvalue weighted by molar-refractivity contribution is 6.09. The number of carbonyl (C=O) groups is 1. The van der Waals surface area contributed by atoms with Crippen LogP contribution in [0.25, 0.3) is 32.9 Å². The lowest BCUT2D eigenvalue weighted by molar-refractivity contribution is -0.632. The number of amides is 1. The first-order chi connectivity index (χ1) is 12.5. The van der Waals surface area contributed by atoms with Gasteiger partial charge >= 0.3 is 0 Å². The van der Waals surface area contributed by atoms with Crippen molar-refractivity contribution >= 4 is 39.0 Å². The second-order valence-corrected chi connectivity index (χ2v) is 6.49. The number of halogens is 1. The third-order valence-electron chi connectivity index (χ3n) is 4.67. The van der Waals surface area contributed by atoms with E-state index >= 15 is 0 Å². The van der Waals surface area contributed by atoms with Gasteiger partial charge in [0.15, 0.2) is 0 Å². The molecule has 0 aliphatic carbocycles. The van der Waals surface area contributed by atoms with E-state index < -0.39 is 0 Å². The summed E-state index contributed by atoms with van der Waals surface area (Å²) < 4.78 is 2.18. The molecule has 27 heavy (non-hydrogen) atoms. The summed E-state index contributed by atoms with van der Waals surface area (Å²) >= 11 is 0. The molecular formula is C22H20ClN3O. The Kier molecular flexibility index (Phi) is 5.02. The molecule has 136 valence electrons. The summed E-state index contributed by atoms with van der Waals surface area (Å²) in [6.45, 7) is 1.52. The van der Waals surface area contributed by atoms with E-state index in [4.69, 9.17) is 5.73 Å². The van der Waals surface area contributed by atoms with Gasteiger partial charge in [0.2, 0.25) is 17.1 Å². The van der Waals surface area contributed by atoms with Crippen molar-refractivity contribution in [1.29, 1.82) is 0 Å². The Hall–Kier alpha value is -3.11. The molecule has 0 bridgehead atoms. The molecule has 3 N–H and O–H groups in total. The van der Waals surface area contributed by atoms with Crippen LogP contribution in [-0.4, -0.2) is 5.91 Å². The number of nitrogens with two attached hydrogens (primary N) is 1. The zero-order valence-corrected chi connectivity index (χ0v) is 15.9. The Balaban J connectivity index is 0.00000210. The van der Waals surface area contributed by atoms with Crippen LogP contribution in [0.5, 0.6) is 0 Å². The van der Waals surface area contributed by atoms with Gasteiger partial charge in [-0.2, -0.15) is 4.57 Å². The van der Waals surface area contributed by atoms with Crippen molar-refractivity contribution in [2.45, 2.75) is 6.92 Å². The van der Waals surface area contributed by atoms with E-state index in [2.05, 4.69) is 47.3 Å². The zero-order valence-electron chi connectivity index (χ0n) is 15.2. The molecule has 0 fully saturated rings. The molecule has 0 aliphatic rings. The molecule has 1 aromatic heterocycles. The Morgan fingerprint density at radius 3 is 2.26 bits per heavy atom. The quantitative estimate of drug-likeness (QED) is 0.311. The van der Waals surface area contributed by atoms with E-state index in [1.807, 2.05) is 36.4 Å².